The van der Waals surface area contributed by atoms with Crippen molar-refractivity contribution < 1.29 is 14.5 Å². The highest BCUT2D eigenvalue weighted by Gasteiger charge is 2.50. The molecule has 4 rings (SSSR count). The Kier molecular flexibility index (Phi) is 5.07. The quantitative estimate of drug-likeness (QED) is 0.638. The van der Waals surface area contributed by atoms with Gasteiger partial charge in [-0.2, -0.15) is 0 Å². The number of benzene rings is 3. The van der Waals surface area contributed by atoms with E-state index in [0.29, 0.717) is 6.67 Å². The number of fused-ring (bicyclic) bond motifs is 1. The summed E-state index contributed by atoms with van der Waals surface area (Å²) in [6, 6.07) is 23.6. The molecule has 1 saturated heterocycles. The van der Waals surface area contributed by atoms with E-state index in [0.717, 1.165) is 34.3 Å². The lowest BCUT2D eigenvalue weighted by Crippen LogP contribution is -3.12. The van der Waals surface area contributed by atoms with Gasteiger partial charge in [-0.1, -0.05) is 72.8 Å². The fraction of sp³-hybridized carbons (Fsp3) is 0.250. The first-order chi connectivity index (χ1) is 14.0. The van der Waals surface area contributed by atoms with Crippen LogP contribution in [0.3, 0.4) is 0 Å². The molecule has 0 bridgehead atoms. The molecule has 3 aromatic carbocycles. The second-order valence-corrected chi connectivity index (χ2v) is 7.74. The number of hydrogen-bond donors (Lipinski definition) is 2. The molecule has 148 valence electrons. The summed E-state index contributed by atoms with van der Waals surface area (Å²) in [7, 11) is 0. The van der Waals surface area contributed by atoms with Crippen LogP contribution >= 0.6 is 0 Å². The van der Waals surface area contributed by atoms with E-state index in [1.165, 1.54) is 10.5 Å². The number of nitrogens with one attached hydrogen (secondary N) is 2. The molecule has 2 atom stereocenters. The van der Waals surface area contributed by atoms with Crippen molar-refractivity contribution in [3.05, 3.63) is 83.9 Å². The highest BCUT2D eigenvalue weighted by Crippen LogP contribution is 2.33. The van der Waals surface area contributed by atoms with Crippen molar-refractivity contribution in [2.24, 2.45) is 0 Å². The Morgan fingerprint density at radius 1 is 0.931 bits per heavy atom. The number of rotatable bonds is 6. The minimum Gasteiger partial charge on any atom is -0.319 e. The van der Waals surface area contributed by atoms with Gasteiger partial charge in [-0.05, 0) is 30.2 Å². The maximum absolute atomic E-state index is 13.4. The van der Waals surface area contributed by atoms with Crippen LogP contribution in [0.15, 0.2) is 72.8 Å². The maximum atomic E-state index is 13.4. The van der Waals surface area contributed by atoms with E-state index < -0.39 is 5.54 Å². The van der Waals surface area contributed by atoms with Gasteiger partial charge in [0, 0.05) is 5.56 Å². The number of urea groups is 1. The molecule has 0 radical (unpaired) electrons. The minimum atomic E-state index is -1.07. The predicted molar refractivity (Wildman–Crippen MR) is 113 cm³/mol. The summed E-state index contributed by atoms with van der Waals surface area (Å²) < 4.78 is 0. The Morgan fingerprint density at radius 2 is 1.62 bits per heavy atom. The van der Waals surface area contributed by atoms with Crippen LogP contribution in [0, 0.1) is 0 Å². The molecule has 3 aromatic rings. The Labute approximate surface area is 170 Å². The van der Waals surface area contributed by atoms with Gasteiger partial charge in [0.15, 0.2) is 6.67 Å². The number of nitrogens with zero attached hydrogens (tertiary/aromatic N) is 1. The van der Waals surface area contributed by atoms with Crippen LogP contribution in [0.5, 0.6) is 0 Å². The zero-order valence-corrected chi connectivity index (χ0v) is 16.8. The molecular formula is C24H26N3O2+. The van der Waals surface area contributed by atoms with Crippen LogP contribution < -0.4 is 10.2 Å². The van der Waals surface area contributed by atoms with Crippen LogP contribution in [0.2, 0.25) is 0 Å². The third-order valence-electron chi connectivity index (χ3n) is 5.78. The number of carbonyl (C=O) groups is 2. The van der Waals surface area contributed by atoms with E-state index in [1.807, 2.05) is 60.7 Å². The van der Waals surface area contributed by atoms with Gasteiger partial charge in [0.1, 0.15) is 12.1 Å². The molecule has 0 aromatic heterocycles. The first-order valence-electron chi connectivity index (χ1n) is 10.0. The van der Waals surface area contributed by atoms with E-state index in [1.54, 1.807) is 6.92 Å². The van der Waals surface area contributed by atoms with E-state index in [-0.39, 0.29) is 11.9 Å². The van der Waals surface area contributed by atoms with E-state index >= 15 is 0 Å². The molecule has 1 aliphatic rings. The van der Waals surface area contributed by atoms with Crippen molar-refractivity contribution in [2.45, 2.75) is 25.9 Å². The van der Waals surface area contributed by atoms with Crippen LogP contribution in [0.4, 0.5) is 4.79 Å². The summed E-state index contributed by atoms with van der Waals surface area (Å²) in [5, 5.41) is 4.99. The molecular weight excluding hydrogens is 362 g/mol. The van der Waals surface area contributed by atoms with Gasteiger partial charge in [-0.3, -0.25) is 4.79 Å². The average molecular weight is 388 g/mol. The van der Waals surface area contributed by atoms with E-state index in [2.05, 4.69) is 24.4 Å². The molecule has 2 N–H and O–H groups in total. The number of hydrogen-bond acceptors (Lipinski definition) is 2. The Balaban J connectivity index is 1.61. The average Bonchev–Trinajstić information content (AvgIpc) is 2.97. The minimum absolute atomic E-state index is 0.196. The van der Waals surface area contributed by atoms with Crippen molar-refractivity contribution in [3.63, 3.8) is 0 Å². The molecule has 1 aliphatic heterocycles. The van der Waals surface area contributed by atoms with Crippen molar-refractivity contribution in [1.82, 2.24) is 10.2 Å². The maximum Gasteiger partial charge on any atom is 0.329 e. The first kappa shape index (κ1) is 19.2. The normalized spacial score (nSPS) is 20.1. The Bertz CT molecular complexity index is 1040. The number of imide groups is 1. The lowest BCUT2D eigenvalue weighted by Gasteiger charge is -2.25. The van der Waals surface area contributed by atoms with E-state index in [9.17, 15) is 9.59 Å². The smallest absolute Gasteiger partial charge is 0.319 e. The monoisotopic (exact) mass is 388 g/mol. The molecule has 5 heteroatoms. The van der Waals surface area contributed by atoms with Crippen LogP contribution in [-0.4, -0.2) is 30.1 Å². The second kappa shape index (κ2) is 7.68. The zero-order chi connectivity index (χ0) is 20.4. The summed E-state index contributed by atoms with van der Waals surface area (Å²) in [4.78, 5) is 28.7. The van der Waals surface area contributed by atoms with Crippen molar-refractivity contribution in [1.29, 1.82) is 0 Å². The van der Waals surface area contributed by atoms with Crippen molar-refractivity contribution in [3.8, 4) is 0 Å². The molecule has 5 nitrogen and oxygen atoms in total. The first-order valence-corrected chi connectivity index (χ1v) is 10.0. The lowest BCUT2D eigenvalue weighted by molar-refractivity contribution is -0.919. The van der Waals surface area contributed by atoms with Crippen molar-refractivity contribution >= 4 is 22.7 Å². The lowest BCUT2D eigenvalue weighted by atomic mass is 9.88. The van der Waals surface area contributed by atoms with Crippen LogP contribution in [0.1, 0.15) is 25.0 Å². The number of carbonyl (C=O) groups excluding carboxylic acids is 2. The zero-order valence-electron chi connectivity index (χ0n) is 16.8. The summed E-state index contributed by atoms with van der Waals surface area (Å²) in [5.74, 6) is -0.196. The largest absolute Gasteiger partial charge is 0.329 e. The van der Waals surface area contributed by atoms with Gasteiger partial charge >= 0.3 is 6.03 Å². The summed E-state index contributed by atoms with van der Waals surface area (Å²) in [6.07, 6.45) is 0. The summed E-state index contributed by atoms with van der Waals surface area (Å²) >= 11 is 0. The van der Waals surface area contributed by atoms with Gasteiger partial charge in [-0.15, -0.1) is 0 Å². The standard InChI is InChI=1S/C24H25N3O2/c1-3-26(16-18-10-5-4-6-11-18)17-27-22(28)24(2,25-23(27)29)21-15-9-13-19-12-7-8-14-20(19)21/h4-15H,3,16-17H2,1-2H3,(H,25,29)/p+1/t24-/m0/s1. The molecule has 0 spiro atoms. The Morgan fingerprint density at radius 3 is 2.38 bits per heavy atom. The van der Waals surface area contributed by atoms with Crippen molar-refractivity contribution in [2.75, 3.05) is 13.2 Å². The van der Waals surface area contributed by atoms with Crippen LogP contribution in [0.25, 0.3) is 10.8 Å². The highest BCUT2D eigenvalue weighted by molar-refractivity contribution is 6.09. The molecule has 1 heterocycles. The predicted octanol–water partition coefficient (Wildman–Crippen LogP) is 2.67. The number of quaternary nitrogens is 1. The SMILES string of the molecule is CC[NH+](Cc1ccccc1)CN1C(=O)N[C@@](C)(c2cccc3ccccc23)C1=O. The third kappa shape index (κ3) is 3.49. The van der Waals surface area contributed by atoms with Gasteiger partial charge in [-0.25, -0.2) is 9.69 Å². The fourth-order valence-electron chi connectivity index (χ4n) is 4.09. The molecule has 29 heavy (non-hydrogen) atoms. The Hall–Kier alpha value is -3.18. The number of amides is 3. The van der Waals surface area contributed by atoms with Gasteiger partial charge < -0.3 is 10.2 Å². The van der Waals surface area contributed by atoms with Gasteiger partial charge in [0.2, 0.25) is 0 Å². The third-order valence-corrected chi connectivity index (χ3v) is 5.78. The van der Waals surface area contributed by atoms with E-state index in [4.69, 9.17) is 0 Å². The summed E-state index contributed by atoms with van der Waals surface area (Å²) in [5.41, 5.74) is 0.953. The fourth-order valence-corrected chi connectivity index (χ4v) is 4.09. The molecule has 1 unspecified atom stereocenters. The highest BCUT2D eigenvalue weighted by atomic mass is 16.2. The van der Waals surface area contributed by atoms with Gasteiger partial charge in [0.05, 0.1) is 6.54 Å². The molecule has 0 saturated carbocycles. The van der Waals surface area contributed by atoms with Crippen LogP contribution in [-0.2, 0) is 16.9 Å². The molecule has 3 amide bonds. The molecule has 1 fully saturated rings. The topological polar surface area (TPSA) is 53.9 Å². The second-order valence-electron chi connectivity index (χ2n) is 7.74. The molecule has 0 aliphatic carbocycles. The summed E-state index contributed by atoms with van der Waals surface area (Å²) in [6.45, 7) is 5.80. The van der Waals surface area contributed by atoms with Gasteiger partial charge in [0.25, 0.3) is 5.91 Å².